The SMILES string of the molecule is CCCc1ccc([C@H](NC(=O)c2cccc(NS(=O)(=O)CC)c2)c2cccs2)cc1. The highest BCUT2D eigenvalue weighted by Crippen LogP contribution is 2.27. The first kappa shape index (κ1) is 22.1. The van der Waals surface area contributed by atoms with E-state index in [1.54, 1.807) is 42.5 Å². The second-order valence-electron chi connectivity index (χ2n) is 7.00. The van der Waals surface area contributed by atoms with Gasteiger partial charge in [-0.05, 0) is 54.1 Å². The monoisotopic (exact) mass is 442 g/mol. The number of nitrogens with one attached hydrogen (secondary N) is 2. The molecule has 0 radical (unpaired) electrons. The van der Waals surface area contributed by atoms with Gasteiger partial charge in [0.15, 0.2) is 0 Å². The molecule has 0 aliphatic heterocycles. The maximum absolute atomic E-state index is 13.0. The van der Waals surface area contributed by atoms with E-state index < -0.39 is 10.0 Å². The molecule has 1 heterocycles. The van der Waals surface area contributed by atoms with Crippen LogP contribution in [-0.4, -0.2) is 20.1 Å². The zero-order valence-corrected chi connectivity index (χ0v) is 18.7. The third-order valence-electron chi connectivity index (χ3n) is 4.73. The molecule has 30 heavy (non-hydrogen) atoms. The van der Waals surface area contributed by atoms with Gasteiger partial charge in [-0.3, -0.25) is 9.52 Å². The van der Waals surface area contributed by atoms with Crippen molar-refractivity contribution >= 4 is 33.0 Å². The lowest BCUT2D eigenvalue weighted by Gasteiger charge is -2.19. The number of sulfonamides is 1. The van der Waals surface area contributed by atoms with E-state index in [1.807, 2.05) is 17.5 Å². The Bertz CT molecular complexity index is 1080. The van der Waals surface area contributed by atoms with Crippen LogP contribution in [0.25, 0.3) is 0 Å². The summed E-state index contributed by atoms with van der Waals surface area (Å²) in [4.78, 5) is 14.0. The number of amides is 1. The summed E-state index contributed by atoms with van der Waals surface area (Å²) >= 11 is 1.59. The van der Waals surface area contributed by atoms with Crippen LogP contribution in [0.2, 0.25) is 0 Å². The van der Waals surface area contributed by atoms with Crippen molar-refractivity contribution in [3.8, 4) is 0 Å². The maximum atomic E-state index is 13.0. The second-order valence-corrected chi connectivity index (χ2v) is 9.99. The summed E-state index contributed by atoms with van der Waals surface area (Å²) in [5.41, 5.74) is 3.05. The molecule has 3 rings (SSSR count). The summed E-state index contributed by atoms with van der Waals surface area (Å²) in [7, 11) is -3.41. The van der Waals surface area contributed by atoms with E-state index in [0.29, 0.717) is 11.3 Å². The largest absolute Gasteiger partial charge is 0.340 e. The van der Waals surface area contributed by atoms with Crippen molar-refractivity contribution in [2.45, 2.75) is 32.7 Å². The number of carbonyl (C=O) groups excluding carboxylic acids is 1. The van der Waals surface area contributed by atoms with Gasteiger partial charge in [0.2, 0.25) is 10.0 Å². The third-order valence-corrected chi connectivity index (χ3v) is 6.98. The van der Waals surface area contributed by atoms with Crippen LogP contribution in [0.4, 0.5) is 5.69 Å². The van der Waals surface area contributed by atoms with Gasteiger partial charge in [0.25, 0.3) is 5.91 Å². The number of benzene rings is 2. The molecule has 1 aromatic heterocycles. The van der Waals surface area contributed by atoms with E-state index in [1.165, 1.54) is 5.56 Å². The van der Waals surface area contributed by atoms with E-state index in [9.17, 15) is 13.2 Å². The summed E-state index contributed by atoms with van der Waals surface area (Å²) in [6, 6.07) is 18.5. The molecule has 0 bridgehead atoms. The zero-order chi connectivity index (χ0) is 21.6. The first-order valence-electron chi connectivity index (χ1n) is 9.95. The third kappa shape index (κ3) is 5.70. The fourth-order valence-corrected chi connectivity index (χ4v) is 4.56. The number of carbonyl (C=O) groups is 1. The van der Waals surface area contributed by atoms with Gasteiger partial charge in [0.05, 0.1) is 11.8 Å². The van der Waals surface area contributed by atoms with Crippen molar-refractivity contribution in [2.24, 2.45) is 0 Å². The van der Waals surface area contributed by atoms with E-state index in [4.69, 9.17) is 0 Å². The van der Waals surface area contributed by atoms with Crippen molar-refractivity contribution < 1.29 is 13.2 Å². The first-order valence-corrected chi connectivity index (χ1v) is 12.5. The van der Waals surface area contributed by atoms with Crippen LogP contribution in [-0.2, 0) is 16.4 Å². The summed E-state index contributed by atoms with van der Waals surface area (Å²) in [5.74, 6) is -0.290. The summed E-state index contributed by atoms with van der Waals surface area (Å²) in [6.07, 6.45) is 2.11. The Morgan fingerprint density at radius 3 is 2.43 bits per heavy atom. The van der Waals surface area contributed by atoms with Crippen molar-refractivity contribution in [1.29, 1.82) is 0 Å². The Hall–Kier alpha value is -2.64. The Morgan fingerprint density at radius 2 is 1.80 bits per heavy atom. The zero-order valence-electron chi connectivity index (χ0n) is 17.1. The molecule has 7 heteroatoms. The predicted molar refractivity (Wildman–Crippen MR) is 124 cm³/mol. The maximum Gasteiger partial charge on any atom is 0.252 e. The second kappa shape index (κ2) is 9.91. The highest BCUT2D eigenvalue weighted by molar-refractivity contribution is 7.92. The van der Waals surface area contributed by atoms with Crippen molar-refractivity contribution in [2.75, 3.05) is 10.5 Å². The molecular formula is C23H26N2O3S2. The van der Waals surface area contributed by atoms with E-state index in [2.05, 4.69) is 41.2 Å². The van der Waals surface area contributed by atoms with Crippen LogP contribution < -0.4 is 10.0 Å². The number of rotatable bonds is 9. The van der Waals surface area contributed by atoms with Gasteiger partial charge in [-0.15, -0.1) is 11.3 Å². The number of anilines is 1. The molecule has 1 atom stereocenters. The number of thiophene rings is 1. The van der Waals surface area contributed by atoms with Crippen LogP contribution in [0.5, 0.6) is 0 Å². The molecule has 0 fully saturated rings. The molecule has 1 amide bonds. The summed E-state index contributed by atoms with van der Waals surface area (Å²) in [5, 5.41) is 5.09. The van der Waals surface area contributed by atoms with Gasteiger partial charge in [0.1, 0.15) is 0 Å². The minimum Gasteiger partial charge on any atom is -0.340 e. The summed E-state index contributed by atoms with van der Waals surface area (Å²) in [6.45, 7) is 3.72. The molecule has 0 aliphatic rings. The van der Waals surface area contributed by atoms with Gasteiger partial charge in [-0.2, -0.15) is 0 Å². The Kier molecular flexibility index (Phi) is 7.29. The topological polar surface area (TPSA) is 75.3 Å². The average molecular weight is 443 g/mol. The highest BCUT2D eigenvalue weighted by Gasteiger charge is 2.19. The Morgan fingerprint density at radius 1 is 1.03 bits per heavy atom. The lowest BCUT2D eigenvalue weighted by molar-refractivity contribution is 0.0943. The van der Waals surface area contributed by atoms with Crippen molar-refractivity contribution in [1.82, 2.24) is 5.32 Å². The van der Waals surface area contributed by atoms with Crippen LogP contribution in [0.15, 0.2) is 66.0 Å². The smallest absolute Gasteiger partial charge is 0.252 e. The fraction of sp³-hybridized carbons (Fsp3) is 0.261. The molecule has 0 saturated carbocycles. The van der Waals surface area contributed by atoms with Gasteiger partial charge >= 0.3 is 0 Å². The van der Waals surface area contributed by atoms with Gasteiger partial charge < -0.3 is 5.32 Å². The van der Waals surface area contributed by atoms with Crippen LogP contribution in [0.1, 0.15) is 52.7 Å². The molecule has 0 unspecified atom stereocenters. The van der Waals surface area contributed by atoms with Gasteiger partial charge in [-0.1, -0.05) is 49.7 Å². The molecule has 5 nitrogen and oxygen atoms in total. The van der Waals surface area contributed by atoms with E-state index in [0.717, 1.165) is 23.3 Å². The van der Waals surface area contributed by atoms with Gasteiger partial charge in [-0.25, -0.2) is 8.42 Å². The standard InChI is InChI=1S/C23H26N2O3S2/c1-3-7-17-11-13-18(14-12-17)22(21-10-6-15-29-21)24-23(26)19-8-5-9-20(16-19)25-30(27,28)4-2/h5-6,8-16,22,25H,3-4,7H2,1-2H3,(H,24,26)/t22-/m0/s1. The van der Waals surface area contributed by atoms with Crippen LogP contribution in [0.3, 0.4) is 0 Å². The quantitative estimate of drug-likeness (QED) is 0.491. The lowest BCUT2D eigenvalue weighted by Crippen LogP contribution is -2.29. The minimum atomic E-state index is -3.41. The number of hydrogen-bond donors (Lipinski definition) is 2. The fourth-order valence-electron chi connectivity index (χ4n) is 3.13. The molecule has 3 aromatic rings. The lowest BCUT2D eigenvalue weighted by atomic mass is 10.0. The molecule has 0 saturated heterocycles. The predicted octanol–water partition coefficient (Wildman–Crippen LogP) is 4.98. The van der Waals surface area contributed by atoms with E-state index in [-0.39, 0.29) is 17.7 Å². The average Bonchev–Trinajstić information content (AvgIpc) is 3.27. The molecule has 2 aromatic carbocycles. The van der Waals surface area contributed by atoms with Crippen molar-refractivity contribution in [3.63, 3.8) is 0 Å². The molecule has 0 aliphatic carbocycles. The first-order chi connectivity index (χ1) is 14.4. The van der Waals surface area contributed by atoms with Gasteiger partial charge in [0, 0.05) is 16.1 Å². The molecule has 158 valence electrons. The van der Waals surface area contributed by atoms with Crippen LogP contribution >= 0.6 is 11.3 Å². The molecule has 2 N–H and O–H groups in total. The Balaban J connectivity index is 1.84. The number of aryl methyl sites for hydroxylation is 1. The molecule has 0 spiro atoms. The minimum absolute atomic E-state index is 0.0299. The number of hydrogen-bond acceptors (Lipinski definition) is 4. The summed E-state index contributed by atoms with van der Waals surface area (Å²) < 4.78 is 26.2. The van der Waals surface area contributed by atoms with Crippen molar-refractivity contribution in [3.05, 3.63) is 87.6 Å². The highest BCUT2D eigenvalue weighted by atomic mass is 32.2. The normalized spacial score (nSPS) is 12.3. The van der Waals surface area contributed by atoms with Crippen LogP contribution in [0, 0.1) is 0 Å². The molecular weight excluding hydrogens is 416 g/mol. The Labute approximate surface area is 182 Å². The van der Waals surface area contributed by atoms with E-state index >= 15 is 0 Å².